The van der Waals surface area contributed by atoms with Crippen molar-refractivity contribution in [2.75, 3.05) is 20.1 Å². The summed E-state index contributed by atoms with van der Waals surface area (Å²) in [4.78, 5) is 2.26. The van der Waals surface area contributed by atoms with Crippen molar-refractivity contribution in [1.82, 2.24) is 9.62 Å². The molecule has 1 aliphatic carbocycles. The van der Waals surface area contributed by atoms with E-state index < -0.39 is 10.0 Å². The van der Waals surface area contributed by atoms with Gasteiger partial charge in [0.05, 0.1) is 5.25 Å². The monoisotopic (exact) mass is 322 g/mol. The van der Waals surface area contributed by atoms with Gasteiger partial charge in [-0.3, -0.25) is 4.90 Å². The average molecular weight is 322 g/mol. The molecular weight excluding hydrogens is 296 g/mol. The van der Waals surface area contributed by atoms with Gasteiger partial charge in [0.1, 0.15) is 0 Å². The number of nitrogens with one attached hydrogen (secondary N) is 1. The zero-order chi connectivity index (χ0) is 15.6. The summed E-state index contributed by atoms with van der Waals surface area (Å²) in [5, 5.41) is -0.268. The van der Waals surface area contributed by atoms with Crippen LogP contribution in [0, 0.1) is 0 Å². The van der Waals surface area contributed by atoms with Crippen molar-refractivity contribution in [3.63, 3.8) is 0 Å². The van der Waals surface area contributed by atoms with E-state index in [1.54, 1.807) is 0 Å². The molecule has 0 radical (unpaired) electrons. The molecule has 1 aromatic rings. The van der Waals surface area contributed by atoms with Crippen molar-refractivity contribution >= 4 is 10.0 Å². The predicted octanol–water partition coefficient (Wildman–Crippen LogP) is 2.47. The first-order valence-corrected chi connectivity index (χ1v) is 9.86. The van der Waals surface area contributed by atoms with Crippen molar-refractivity contribution in [1.29, 1.82) is 0 Å². The molecule has 1 saturated carbocycles. The van der Waals surface area contributed by atoms with Gasteiger partial charge in [-0.15, -0.1) is 0 Å². The van der Waals surface area contributed by atoms with Crippen LogP contribution >= 0.6 is 0 Å². The van der Waals surface area contributed by atoms with Gasteiger partial charge >= 0.3 is 0 Å². The van der Waals surface area contributed by atoms with E-state index in [1.807, 2.05) is 0 Å². The molecule has 2 aliphatic rings. The Morgan fingerprint density at radius 2 is 2.00 bits per heavy atom. The van der Waals surface area contributed by atoms with Crippen LogP contribution in [-0.4, -0.2) is 38.7 Å². The molecule has 1 atom stereocenters. The maximum absolute atomic E-state index is 11.9. The van der Waals surface area contributed by atoms with Gasteiger partial charge < -0.3 is 0 Å². The summed E-state index contributed by atoms with van der Waals surface area (Å²) in [7, 11) is -1.63. The third kappa shape index (κ3) is 3.53. The van der Waals surface area contributed by atoms with Crippen molar-refractivity contribution in [3.05, 3.63) is 35.4 Å². The summed E-state index contributed by atoms with van der Waals surface area (Å²) < 4.78 is 26.2. The minimum atomic E-state index is -3.14. The van der Waals surface area contributed by atoms with E-state index in [1.165, 1.54) is 43.9 Å². The Morgan fingerprint density at radius 3 is 2.73 bits per heavy atom. The van der Waals surface area contributed by atoms with Gasteiger partial charge in [0, 0.05) is 13.1 Å². The van der Waals surface area contributed by atoms with Gasteiger partial charge in [-0.25, -0.2) is 13.1 Å². The molecule has 0 spiro atoms. The standard InChI is InChI=1S/C17H26N2O2S/c1-18-22(20,21)17-9-10-19(13-17)12-14-5-4-8-16(11-14)15-6-2-3-7-15/h4-5,8,11,15,17-18H,2-3,6-7,9-10,12-13H2,1H3. The van der Waals surface area contributed by atoms with Crippen LogP contribution in [-0.2, 0) is 16.6 Å². The molecule has 0 aromatic heterocycles. The Labute approximate surface area is 134 Å². The first-order chi connectivity index (χ1) is 10.6. The summed E-state index contributed by atoms with van der Waals surface area (Å²) in [6, 6.07) is 8.90. The molecule has 122 valence electrons. The number of sulfonamides is 1. The van der Waals surface area contributed by atoms with Crippen molar-refractivity contribution in [3.8, 4) is 0 Å². The summed E-state index contributed by atoms with van der Waals surface area (Å²) in [5.74, 6) is 0.732. The highest BCUT2D eigenvalue weighted by atomic mass is 32.2. The van der Waals surface area contributed by atoms with Crippen molar-refractivity contribution in [2.24, 2.45) is 0 Å². The van der Waals surface area contributed by atoms with Gasteiger partial charge in [0.2, 0.25) is 10.0 Å². The van der Waals surface area contributed by atoms with E-state index >= 15 is 0 Å². The molecule has 1 heterocycles. The molecule has 3 rings (SSSR count). The zero-order valence-electron chi connectivity index (χ0n) is 13.3. The molecule has 4 nitrogen and oxygen atoms in total. The van der Waals surface area contributed by atoms with Crippen LogP contribution in [0.25, 0.3) is 0 Å². The molecule has 1 unspecified atom stereocenters. The average Bonchev–Trinajstić information content (AvgIpc) is 3.19. The number of rotatable bonds is 5. The van der Waals surface area contributed by atoms with Crippen molar-refractivity contribution < 1.29 is 8.42 Å². The Kier molecular flexibility index (Phi) is 4.85. The molecule has 5 heteroatoms. The maximum Gasteiger partial charge on any atom is 0.215 e. The molecule has 1 aromatic carbocycles. The number of hydrogen-bond donors (Lipinski definition) is 1. The largest absolute Gasteiger partial charge is 0.298 e. The summed E-state index contributed by atoms with van der Waals surface area (Å²) in [5.41, 5.74) is 2.78. The van der Waals surface area contributed by atoms with Crippen LogP contribution < -0.4 is 4.72 Å². The molecule has 0 amide bonds. The molecular formula is C17H26N2O2S. The quantitative estimate of drug-likeness (QED) is 0.906. The van der Waals surface area contributed by atoms with E-state index in [4.69, 9.17) is 0 Å². The second-order valence-electron chi connectivity index (χ2n) is 6.62. The lowest BCUT2D eigenvalue weighted by Crippen LogP contribution is -2.34. The smallest absolute Gasteiger partial charge is 0.215 e. The molecule has 1 saturated heterocycles. The third-order valence-corrected chi connectivity index (χ3v) is 6.97. The van der Waals surface area contributed by atoms with Crippen LogP contribution in [0.2, 0.25) is 0 Å². The van der Waals surface area contributed by atoms with E-state index in [9.17, 15) is 8.42 Å². The number of likely N-dealkylation sites (tertiary alicyclic amines) is 1. The fraction of sp³-hybridized carbons (Fsp3) is 0.647. The normalized spacial score (nSPS) is 24.1. The lowest BCUT2D eigenvalue weighted by atomic mass is 9.96. The summed E-state index contributed by atoms with van der Waals surface area (Å²) in [6.45, 7) is 2.35. The Morgan fingerprint density at radius 1 is 1.23 bits per heavy atom. The highest BCUT2D eigenvalue weighted by Gasteiger charge is 2.32. The number of hydrogen-bond acceptors (Lipinski definition) is 3. The van der Waals surface area contributed by atoms with Gasteiger partial charge in [-0.2, -0.15) is 0 Å². The Bertz CT molecular complexity index is 609. The lowest BCUT2D eigenvalue weighted by molar-refractivity contribution is 0.331. The van der Waals surface area contributed by atoms with E-state index in [-0.39, 0.29) is 5.25 Å². The SMILES string of the molecule is CNS(=O)(=O)C1CCN(Cc2cccc(C3CCCC3)c2)C1. The van der Waals surface area contributed by atoms with Gasteiger partial charge in [0.25, 0.3) is 0 Å². The van der Waals surface area contributed by atoms with E-state index in [2.05, 4.69) is 33.9 Å². The van der Waals surface area contributed by atoms with Crippen LogP contribution in [0.1, 0.15) is 49.1 Å². The van der Waals surface area contributed by atoms with E-state index in [0.717, 1.165) is 25.4 Å². The van der Waals surface area contributed by atoms with Gasteiger partial charge in [-0.05, 0) is 49.9 Å². The minimum Gasteiger partial charge on any atom is -0.298 e. The van der Waals surface area contributed by atoms with Gasteiger partial charge in [-0.1, -0.05) is 37.1 Å². The van der Waals surface area contributed by atoms with E-state index in [0.29, 0.717) is 6.54 Å². The summed E-state index contributed by atoms with van der Waals surface area (Å²) in [6.07, 6.45) is 6.06. The minimum absolute atomic E-state index is 0.268. The van der Waals surface area contributed by atoms with Crippen LogP contribution in [0.4, 0.5) is 0 Å². The summed E-state index contributed by atoms with van der Waals surface area (Å²) >= 11 is 0. The molecule has 1 N–H and O–H groups in total. The molecule has 0 bridgehead atoms. The van der Waals surface area contributed by atoms with Gasteiger partial charge in [0.15, 0.2) is 0 Å². The highest BCUT2D eigenvalue weighted by molar-refractivity contribution is 7.90. The fourth-order valence-corrected chi connectivity index (χ4v) is 4.98. The first-order valence-electron chi connectivity index (χ1n) is 8.32. The maximum atomic E-state index is 11.9. The predicted molar refractivity (Wildman–Crippen MR) is 89.3 cm³/mol. The van der Waals surface area contributed by atoms with Crippen LogP contribution in [0.3, 0.4) is 0 Å². The Hall–Kier alpha value is -0.910. The number of benzene rings is 1. The van der Waals surface area contributed by atoms with Crippen LogP contribution in [0.5, 0.6) is 0 Å². The Balaban J connectivity index is 1.63. The second-order valence-corrected chi connectivity index (χ2v) is 8.79. The zero-order valence-corrected chi connectivity index (χ0v) is 14.1. The molecule has 22 heavy (non-hydrogen) atoms. The molecule has 1 aliphatic heterocycles. The second kappa shape index (κ2) is 6.69. The number of nitrogens with zero attached hydrogens (tertiary/aromatic N) is 1. The fourth-order valence-electron chi connectivity index (χ4n) is 3.82. The van der Waals surface area contributed by atoms with Crippen LogP contribution in [0.15, 0.2) is 24.3 Å². The topological polar surface area (TPSA) is 49.4 Å². The first kappa shape index (κ1) is 16.0. The lowest BCUT2D eigenvalue weighted by Gasteiger charge is -2.17. The highest BCUT2D eigenvalue weighted by Crippen LogP contribution is 2.34. The van der Waals surface area contributed by atoms with Crippen molar-refractivity contribution in [2.45, 2.75) is 49.8 Å². The molecule has 2 fully saturated rings. The third-order valence-electron chi connectivity index (χ3n) is 5.14.